The number of benzene rings is 1. The molecule has 0 atom stereocenters. The van der Waals surface area contributed by atoms with Crippen LogP contribution in [-0.2, 0) is 0 Å². The van der Waals surface area contributed by atoms with Gasteiger partial charge in [-0.15, -0.1) is 0 Å². The van der Waals surface area contributed by atoms with Crippen LogP contribution in [0.5, 0.6) is 11.5 Å². The van der Waals surface area contributed by atoms with Gasteiger partial charge in [-0.3, -0.25) is 0 Å². The second-order valence-corrected chi connectivity index (χ2v) is 5.96. The Balaban J connectivity index is 2.30. The molecular formula is C16H25NO2S. The summed E-state index contributed by atoms with van der Waals surface area (Å²) in [4.78, 5) is 0.565. The summed E-state index contributed by atoms with van der Waals surface area (Å²) < 4.78 is 11.2. The van der Waals surface area contributed by atoms with Gasteiger partial charge in [-0.25, -0.2) is 0 Å². The van der Waals surface area contributed by atoms with E-state index in [1.54, 1.807) is 0 Å². The van der Waals surface area contributed by atoms with Crippen LogP contribution in [0.15, 0.2) is 24.3 Å². The minimum absolute atomic E-state index is 0.101. The zero-order chi connectivity index (χ0) is 15.0. The zero-order valence-corrected chi connectivity index (χ0v) is 13.5. The SMILES string of the molecule is CCCOc1ccc(OCCCC(C)(C)C(N)=S)cc1. The first-order valence-corrected chi connectivity index (χ1v) is 7.52. The van der Waals surface area contributed by atoms with Crippen molar-refractivity contribution in [2.24, 2.45) is 11.1 Å². The first kappa shape index (κ1) is 16.8. The molecule has 0 amide bonds. The van der Waals surface area contributed by atoms with Crippen LogP contribution < -0.4 is 15.2 Å². The fourth-order valence-electron chi connectivity index (χ4n) is 1.68. The largest absolute Gasteiger partial charge is 0.494 e. The van der Waals surface area contributed by atoms with Crippen molar-refractivity contribution in [1.29, 1.82) is 0 Å². The molecule has 0 saturated carbocycles. The second kappa shape index (κ2) is 8.10. The lowest BCUT2D eigenvalue weighted by atomic mass is 9.88. The quantitative estimate of drug-likeness (QED) is 0.553. The zero-order valence-electron chi connectivity index (χ0n) is 12.6. The molecule has 1 rings (SSSR count). The van der Waals surface area contributed by atoms with Crippen LogP contribution in [0.25, 0.3) is 0 Å². The van der Waals surface area contributed by atoms with Crippen LogP contribution in [0.2, 0.25) is 0 Å². The standard InChI is InChI=1S/C16H25NO2S/c1-4-11-18-13-6-8-14(9-7-13)19-12-5-10-16(2,3)15(17)20/h6-9H,4-5,10-12H2,1-3H3,(H2,17,20). The van der Waals surface area contributed by atoms with Gasteiger partial charge >= 0.3 is 0 Å². The molecule has 4 heteroatoms. The fourth-order valence-corrected chi connectivity index (χ4v) is 1.78. The molecule has 0 bridgehead atoms. The molecule has 0 heterocycles. The van der Waals surface area contributed by atoms with Crippen molar-refractivity contribution in [2.45, 2.75) is 40.0 Å². The maximum atomic E-state index is 5.70. The summed E-state index contributed by atoms with van der Waals surface area (Å²) in [5.41, 5.74) is 5.60. The van der Waals surface area contributed by atoms with Crippen molar-refractivity contribution in [1.82, 2.24) is 0 Å². The summed E-state index contributed by atoms with van der Waals surface area (Å²) in [6, 6.07) is 7.74. The van der Waals surface area contributed by atoms with E-state index in [9.17, 15) is 0 Å². The van der Waals surface area contributed by atoms with E-state index in [4.69, 9.17) is 27.4 Å². The minimum atomic E-state index is -0.101. The Morgan fingerprint density at radius 3 is 2.05 bits per heavy atom. The van der Waals surface area contributed by atoms with E-state index in [1.165, 1.54) is 0 Å². The molecule has 3 nitrogen and oxygen atoms in total. The fraction of sp³-hybridized carbons (Fsp3) is 0.562. The Hall–Kier alpha value is -1.29. The van der Waals surface area contributed by atoms with Crippen LogP contribution in [0, 0.1) is 5.41 Å². The topological polar surface area (TPSA) is 44.5 Å². The molecule has 20 heavy (non-hydrogen) atoms. The third-order valence-electron chi connectivity index (χ3n) is 3.18. The van der Waals surface area contributed by atoms with Gasteiger partial charge in [-0.2, -0.15) is 0 Å². The molecule has 0 aliphatic heterocycles. The highest BCUT2D eigenvalue weighted by atomic mass is 32.1. The highest BCUT2D eigenvalue weighted by Gasteiger charge is 2.20. The van der Waals surface area contributed by atoms with Crippen molar-refractivity contribution in [3.8, 4) is 11.5 Å². The predicted molar refractivity (Wildman–Crippen MR) is 87.5 cm³/mol. The molecule has 0 fully saturated rings. The average Bonchev–Trinajstić information content (AvgIpc) is 2.42. The number of thiocarbonyl (C=S) groups is 1. The lowest BCUT2D eigenvalue weighted by Crippen LogP contribution is -2.30. The van der Waals surface area contributed by atoms with Crippen LogP contribution >= 0.6 is 12.2 Å². The summed E-state index contributed by atoms with van der Waals surface area (Å²) in [5.74, 6) is 1.75. The van der Waals surface area contributed by atoms with Crippen molar-refractivity contribution < 1.29 is 9.47 Å². The first-order chi connectivity index (χ1) is 9.45. The number of hydrogen-bond donors (Lipinski definition) is 1. The van der Waals surface area contributed by atoms with Gasteiger partial charge in [0.1, 0.15) is 11.5 Å². The molecule has 0 radical (unpaired) electrons. The van der Waals surface area contributed by atoms with Crippen molar-refractivity contribution in [3.05, 3.63) is 24.3 Å². The van der Waals surface area contributed by atoms with Gasteiger partial charge in [0.15, 0.2) is 0 Å². The summed E-state index contributed by atoms with van der Waals surface area (Å²) in [6.07, 6.45) is 2.87. The highest BCUT2D eigenvalue weighted by Crippen LogP contribution is 2.23. The molecule has 0 saturated heterocycles. The van der Waals surface area contributed by atoms with Crippen LogP contribution in [0.3, 0.4) is 0 Å². The Morgan fingerprint density at radius 2 is 1.60 bits per heavy atom. The minimum Gasteiger partial charge on any atom is -0.494 e. The van der Waals surface area contributed by atoms with Gasteiger partial charge in [0.2, 0.25) is 0 Å². The molecule has 0 aliphatic carbocycles. The lowest BCUT2D eigenvalue weighted by molar-refractivity contribution is 0.286. The summed E-state index contributed by atoms with van der Waals surface area (Å²) in [6.45, 7) is 7.63. The third kappa shape index (κ3) is 5.78. The number of rotatable bonds is 9. The molecule has 0 unspecified atom stereocenters. The second-order valence-electron chi connectivity index (χ2n) is 5.52. The van der Waals surface area contributed by atoms with Crippen molar-refractivity contribution in [3.63, 3.8) is 0 Å². The average molecular weight is 295 g/mol. The maximum Gasteiger partial charge on any atom is 0.119 e. The smallest absolute Gasteiger partial charge is 0.119 e. The number of ether oxygens (including phenoxy) is 2. The van der Waals surface area contributed by atoms with E-state index in [0.29, 0.717) is 11.6 Å². The molecule has 1 aromatic rings. The summed E-state index contributed by atoms with van der Waals surface area (Å²) in [7, 11) is 0. The summed E-state index contributed by atoms with van der Waals surface area (Å²) in [5, 5.41) is 0. The number of nitrogens with two attached hydrogens (primary N) is 1. The van der Waals surface area contributed by atoms with Crippen LogP contribution in [-0.4, -0.2) is 18.2 Å². The Kier molecular flexibility index (Phi) is 6.79. The van der Waals surface area contributed by atoms with Gasteiger partial charge in [-0.05, 0) is 43.5 Å². The van der Waals surface area contributed by atoms with E-state index >= 15 is 0 Å². The monoisotopic (exact) mass is 295 g/mol. The van der Waals surface area contributed by atoms with Gasteiger partial charge in [0.25, 0.3) is 0 Å². The molecule has 0 aromatic heterocycles. The predicted octanol–water partition coefficient (Wildman–Crippen LogP) is 3.95. The third-order valence-corrected chi connectivity index (χ3v) is 3.73. The van der Waals surface area contributed by atoms with E-state index in [-0.39, 0.29) is 5.41 Å². The van der Waals surface area contributed by atoms with Gasteiger partial charge < -0.3 is 15.2 Å². The molecule has 1 aromatic carbocycles. The lowest BCUT2D eigenvalue weighted by Gasteiger charge is -2.22. The van der Waals surface area contributed by atoms with Crippen molar-refractivity contribution in [2.75, 3.05) is 13.2 Å². The Morgan fingerprint density at radius 1 is 1.10 bits per heavy atom. The van der Waals surface area contributed by atoms with Gasteiger partial charge in [0.05, 0.1) is 18.2 Å². The molecule has 0 aliphatic rings. The van der Waals surface area contributed by atoms with Crippen molar-refractivity contribution >= 4 is 17.2 Å². The first-order valence-electron chi connectivity index (χ1n) is 7.11. The van der Waals surface area contributed by atoms with E-state index in [2.05, 4.69) is 20.8 Å². The Bertz CT molecular complexity index is 415. The highest BCUT2D eigenvalue weighted by molar-refractivity contribution is 7.80. The van der Waals surface area contributed by atoms with E-state index in [1.807, 2.05) is 24.3 Å². The molecule has 2 N–H and O–H groups in total. The van der Waals surface area contributed by atoms with Gasteiger partial charge in [0, 0.05) is 5.41 Å². The number of hydrogen-bond acceptors (Lipinski definition) is 3. The molecular weight excluding hydrogens is 270 g/mol. The van der Waals surface area contributed by atoms with Crippen LogP contribution in [0.4, 0.5) is 0 Å². The molecule has 112 valence electrons. The summed E-state index contributed by atoms with van der Waals surface area (Å²) >= 11 is 5.05. The molecule has 0 spiro atoms. The van der Waals surface area contributed by atoms with E-state index in [0.717, 1.165) is 37.4 Å². The van der Waals surface area contributed by atoms with Crippen LogP contribution in [0.1, 0.15) is 40.0 Å². The van der Waals surface area contributed by atoms with Gasteiger partial charge in [-0.1, -0.05) is 33.0 Å². The Labute approximate surface area is 127 Å². The normalized spacial score (nSPS) is 11.2. The van der Waals surface area contributed by atoms with E-state index < -0.39 is 0 Å². The maximum absolute atomic E-state index is 5.70.